The van der Waals surface area contributed by atoms with E-state index in [9.17, 15) is 9.59 Å². The number of aromatic amines is 2. The predicted molar refractivity (Wildman–Crippen MR) is 57.2 cm³/mol. The van der Waals surface area contributed by atoms with Crippen LogP contribution in [-0.2, 0) is 13.2 Å². The molecule has 0 saturated heterocycles. The van der Waals surface area contributed by atoms with Crippen molar-refractivity contribution in [3.05, 3.63) is 26.7 Å². The van der Waals surface area contributed by atoms with Crippen molar-refractivity contribution < 1.29 is 5.11 Å². The van der Waals surface area contributed by atoms with E-state index in [1.54, 1.807) is 0 Å². The van der Waals surface area contributed by atoms with E-state index >= 15 is 0 Å². The monoisotopic (exact) mass is 224 g/mol. The Morgan fingerprint density at radius 3 is 2.75 bits per heavy atom. The summed E-state index contributed by atoms with van der Waals surface area (Å²) in [5, 5.41) is 8.93. The van der Waals surface area contributed by atoms with Crippen LogP contribution in [0.25, 0.3) is 11.2 Å². The highest BCUT2D eigenvalue weighted by molar-refractivity contribution is 5.69. The van der Waals surface area contributed by atoms with Crippen molar-refractivity contribution in [2.75, 3.05) is 0 Å². The molecule has 2 heterocycles. The average molecular weight is 224 g/mol. The molecule has 0 aliphatic heterocycles. The van der Waals surface area contributed by atoms with Crippen LogP contribution in [0.2, 0.25) is 0 Å². The summed E-state index contributed by atoms with van der Waals surface area (Å²) in [5.41, 5.74) is -0.480. The molecule has 0 saturated carbocycles. The maximum absolute atomic E-state index is 11.5. The highest BCUT2D eigenvalue weighted by atomic mass is 16.3. The fourth-order valence-corrected chi connectivity index (χ4v) is 1.59. The summed E-state index contributed by atoms with van der Waals surface area (Å²) >= 11 is 0. The largest absolute Gasteiger partial charge is 0.388 e. The lowest BCUT2D eigenvalue weighted by Crippen LogP contribution is -2.30. The molecule has 0 atom stereocenters. The van der Waals surface area contributed by atoms with E-state index < -0.39 is 11.2 Å². The Kier molecular flexibility index (Phi) is 2.61. The highest BCUT2D eigenvalue weighted by Crippen LogP contribution is 2.05. The molecule has 2 rings (SSSR count). The normalized spacial score (nSPS) is 11.1. The Hall–Kier alpha value is -1.89. The van der Waals surface area contributed by atoms with E-state index in [1.165, 1.54) is 4.57 Å². The molecule has 7 heteroatoms. The Balaban J connectivity index is 2.82. The van der Waals surface area contributed by atoms with Gasteiger partial charge in [0.1, 0.15) is 17.9 Å². The third-order valence-electron chi connectivity index (χ3n) is 2.28. The second kappa shape index (κ2) is 3.93. The van der Waals surface area contributed by atoms with E-state index in [4.69, 9.17) is 5.11 Å². The molecule has 3 N–H and O–H groups in total. The molecule has 0 unspecified atom stereocenters. The minimum atomic E-state index is -0.514. The van der Waals surface area contributed by atoms with Crippen LogP contribution in [0.4, 0.5) is 0 Å². The second-order valence-corrected chi connectivity index (χ2v) is 3.45. The molecular weight excluding hydrogens is 212 g/mol. The molecule has 0 aromatic carbocycles. The van der Waals surface area contributed by atoms with Gasteiger partial charge in [-0.1, -0.05) is 6.92 Å². The van der Waals surface area contributed by atoms with Gasteiger partial charge in [-0.05, 0) is 6.42 Å². The number of nitrogens with zero attached hydrogens (tertiary/aromatic N) is 2. The molecule has 7 nitrogen and oxygen atoms in total. The van der Waals surface area contributed by atoms with E-state index in [2.05, 4.69) is 15.0 Å². The fourth-order valence-electron chi connectivity index (χ4n) is 1.59. The zero-order valence-electron chi connectivity index (χ0n) is 8.78. The van der Waals surface area contributed by atoms with Crippen molar-refractivity contribution in [1.29, 1.82) is 0 Å². The van der Waals surface area contributed by atoms with Gasteiger partial charge in [0.15, 0.2) is 5.65 Å². The van der Waals surface area contributed by atoms with Gasteiger partial charge in [0, 0.05) is 6.54 Å². The van der Waals surface area contributed by atoms with Crippen LogP contribution in [0.15, 0.2) is 9.59 Å². The van der Waals surface area contributed by atoms with E-state index in [0.717, 1.165) is 6.42 Å². The lowest BCUT2D eigenvalue weighted by Gasteiger charge is -2.02. The molecule has 0 amide bonds. The van der Waals surface area contributed by atoms with Crippen LogP contribution < -0.4 is 11.2 Å². The third-order valence-corrected chi connectivity index (χ3v) is 2.28. The van der Waals surface area contributed by atoms with Gasteiger partial charge in [0.2, 0.25) is 0 Å². The molecule has 0 fully saturated rings. The summed E-state index contributed by atoms with van der Waals surface area (Å²) in [6.45, 7) is 2.10. The van der Waals surface area contributed by atoms with Crippen molar-refractivity contribution in [2.45, 2.75) is 26.5 Å². The van der Waals surface area contributed by atoms with E-state index in [-0.39, 0.29) is 17.9 Å². The first-order chi connectivity index (χ1) is 7.67. The smallest absolute Gasteiger partial charge is 0.330 e. The van der Waals surface area contributed by atoms with Gasteiger partial charge >= 0.3 is 5.69 Å². The Labute approximate surface area is 89.8 Å². The number of hydrogen-bond acceptors (Lipinski definition) is 4. The number of aliphatic hydroxyl groups excluding tert-OH is 1. The summed E-state index contributed by atoms with van der Waals surface area (Å²) in [4.78, 5) is 31.9. The molecular formula is C9H12N4O3. The number of nitrogens with one attached hydrogen (secondary N) is 2. The number of fused-ring (bicyclic) bond motifs is 1. The standard InChI is InChI=1S/C9H12N4O3/c1-2-3-13-7-6(8(15)12-9(13)16)10-5(4-14)11-7/h14H,2-4H2,1H3,(H,10,11)(H,12,15,16). The molecule has 0 radical (unpaired) electrons. The quantitative estimate of drug-likeness (QED) is 0.642. The van der Waals surface area contributed by atoms with Crippen molar-refractivity contribution in [3.8, 4) is 0 Å². The van der Waals surface area contributed by atoms with Crippen LogP contribution in [0, 0.1) is 0 Å². The minimum absolute atomic E-state index is 0.220. The fraction of sp³-hybridized carbons (Fsp3) is 0.444. The summed E-state index contributed by atoms with van der Waals surface area (Å²) in [7, 11) is 0. The lowest BCUT2D eigenvalue weighted by molar-refractivity contribution is 0.273. The number of aliphatic hydroxyl groups is 1. The Morgan fingerprint density at radius 2 is 2.12 bits per heavy atom. The summed E-state index contributed by atoms with van der Waals surface area (Å²) in [6.07, 6.45) is 0.752. The van der Waals surface area contributed by atoms with Gasteiger partial charge in [0.25, 0.3) is 5.56 Å². The predicted octanol–water partition coefficient (Wildman–Crippen LogP) is -0.685. The second-order valence-electron chi connectivity index (χ2n) is 3.45. The summed E-state index contributed by atoms with van der Waals surface area (Å²) < 4.78 is 1.38. The first kappa shape index (κ1) is 10.6. The zero-order valence-corrected chi connectivity index (χ0v) is 8.78. The maximum atomic E-state index is 11.5. The molecule has 0 aliphatic rings. The number of hydrogen-bond donors (Lipinski definition) is 3. The number of aromatic nitrogens is 4. The van der Waals surface area contributed by atoms with Gasteiger partial charge in [0.05, 0.1) is 0 Å². The van der Waals surface area contributed by atoms with Crippen LogP contribution in [0.3, 0.4) is 0 Å². The van der Waals surface area contributed by atoms with Crippen LogP contribution in [0.1, 0.15) is 19.2 Å². The zero-order chi connectivity index (χ0) is 11.7. The molecule has 86 valence electrons. The number of H-pyrrole nitrogens is 2. The maximum Gasteiger partial charge on any atom is 0.330 e. The van der Waals surface area contributed by atoms with Gasteiger partial charge < -0.3 is 10.1 Å². The van der Waals surface area contributed by atoms with Crippen molar-refractivity contribution >= 4 is 11.2 Å². The Morgan fingerprint density at radius 1 is 1.38 bits per heavy atom. The molecule has 2 aromatic heterocycles. The van der Waals surface area contributed by atoms with Gasteiger partial charge in [-0.2, -0.15) is 0 Å². The highest BCUT2D eigenvalue weighted by Gasteiger charge is 2.11. The van der Waals surface area contributed by atoms with E-state index in [0.29, 0.717) is 12.2 Å². The van der Waals surface area contributed by atoms with Crippen LogP contribution >= 0.6 is 0 Å². The molecule has 16 heavy (non-hydrogen) atoms. The van der Waals surface area contributed by atoms with Crippen LogP contribution in [-0.4, -0.2) is 24.6 Å². The van der Waals surface area contributed by atoms with Crippen LogP contribution in [0.5, 0.6) is 0 Å². The van der Waals surface area contributed by atoms with Crippen molar-refractivity contribution in [3.63, 3.8) is 0 Å². The van der Waals surface area contributed by atoms with Gasteiger partial charge in [-0.3, -0.25) is 14.3 Å². The topological polar surface area (TPSA) is 104 Å². The third kappa shape index (κ3) is 1.54. The van der Waals surface area contributed by atoms with E-state index in [1.807, 2.05) is 6.92 Å². The number of rotatable bonds is 3. The molecule has 2 aromatic rings. The van der Waals surface area contributed by atoms with Crippen molar-refractivity contribution in [1.82, 2.24) is 19.5 Å². The van der Waals surface area contributed by atoms with Gasteiger partial charge in [-0.25, -0.2) is 9.78 Å². The number of aryl methyl sites for hydroxylation is 1. The van der Waals surface area contributed by atoms with Crippen molar-refractivity contribution in [2.24, 2.45) is 0 Å². The molecule has 0 aliphatic carbocycles. The SMILES string of the molecule is CCCn1c(=O)[nH]c(=O)c2[nH]c(CO)nc21. The van der Waals surface area contributed by atoms with Gasteiger partial charge in [-0.15, -0.1) is 0 Å². The summed E-state index contributed by atoms with van der Waals surface area (Å²) in [5.74, 6) is 0.274. The molecule has 0 spiro atoms. The summed E-state index contributed by atoms with van der Waals surface area (Å²) in [6, 6.07) is 0. The first-order valence-corrected chi connectivity index (χ1v) is 5.00. The molecule has 0 bridgehead atoms. The number of imidazole rings is 1. The lowest BCUT2D eigenvalue weighted by atomic mass is 10.4. The first-order valence-electron chi connectivity index (χ1n) is 5.00. The Bertz CT molecular complexity index is 622. The minimum Gasteiger partial charge on any atom is -0.388 e. The average Bonchev–Trinajstić information content (AvgIpc) is 2.68.